The molecule has 2 amide bonds. The number of carbonyl (C=O) groups is 4. The van der Waals surface area contributed by atoms with Crippen LogP contribution in [0.25, 0.3) is 11.1 Å². The molecule has 1 N–H and O–H groups in total. The van der Waals surface area contributed by atoms with Crippen molar-refractivity contribution in [3.63, 3.8) is 0 Å². The molecule has 6 nitrogen and oxygen atoms in total. The highest BCUT2D eigenvalue weighted by atomic mass is 35.5. The van der Waals surface area contributed by atoms with E-state index < -0.39 is 35.5 Å². The fourth-order valence-corrected chi connectivity index (χ4v) is 5.40. The molecule has 1 fully saturated rings. The Morgan fingerprint density at radius 2 is 1.37 bits per heavy atom. The highest BCUT2D eigenvalue weighted by molar-refractivity contribution is 6.30. The van der Waals surface area contributed by atoms with Gasteiger partial charge in [-0.25, -0.2) is 0 Å². The fraction of sp³-hybridized carbons (Fsp3) is 0.214. The molecule has 0 radical (unpaired) electrons. The number of nitrogens with zero attached hydrogens (tertiary/aromatic N) is 1. The molecule has 1 aliphatic heterocycles. The van der Waals surface area contributed by atoms with Crippen LogP contribution in [0.4, 0.5) is 0 Å². The van der Waals surface area contributed by atoms with E-state index in [4.69, 9.17) is 11.6 Å². The number of hydrogen-bond acceptors (Lipinski definition) is 4. The van der Waals surface area contributed by atoms with E-state index in [0.29, 0.717) is 34.6 Å². The number of hydrogen-bond donors (Lipinski definition) is 1. The third-order valence-corrected chi connectivity index (χ3v) is 7.31. The first kappa shape index (κ1) is 23.0. The molecule has 1 heterocycles. The Hall–Kier alpha value is -3.77. The second-order valence-corrected chi connectivity index (χ2v) is 9.46. The van der Waals surface area contributed by atoms with Gasteiger partial charge in [-0.1, -0.05) is 60.1 Å². The maximum Gasteiger partial charge on any atom is 0.307 e. The van der Waals surface area contributed by atoms with Crippen LogP contribution in [0.2, 0.25) is 5.02 Å². The fourth-order valence-electron chi connectivity index (χ4n) is 5.28. The van der Waals surface area contributed by atoms with Gasteiger partial charge in [0, 0.05) is 23.0 Å². The minimum absolute atomic E-state index is 0.0113. The average Bonchev–Trinajstić information content (AvgIpc) is 3.40. The van der Waals surface area contributed by atoms with Crippen molar-refractivity contribution in [3.8, 4) is 11.1 Å². The van der Waals surface area contributed by atoms with Gasteiger partial charge in [-0.3, -0.25) is 24.1 Å². The van der Waals surface area contributed by atoms with Gasteiger partial charge in [0.2, 0.25) is 0 Å². The van der Waals surface area contributed by atoms with Gasteiger partial charge in [0.05, 0.1) is 17.0 Å². The molecule has 1 aliphatic carbocycles. The molecular formula is C28H22ClNO5. The van der Waals surface area contributed by atoms with E-state index in [-0.39, 0.29) is 12.3 Å². The number of rotatable bonds is 6. The van der Waals surface area contributed by atoms with Gasteiger partial charge in [-0.05, 0) is 54.2 Å². The smallest absolute Gasteiger partial charge is 0.307 e. The lowest BCUT2D eigenvalue weighted by Gasteiger charge is -2.24. The quantitative estimate of drug-likeness (QED) is 0.380. The van der Waals surface area contributed by atoms with Crippen molar-refractivity contribution in [3.05, 3.63) is 94.5 Å². The van der Waals surface area contributed by atoms with Crippen molar-refractivity contribution in [1.82, 2.24) is 4.90 Å². The number of Topliss-reactive ketones (excluding diaryl/α,β-unsaturated/α-hetero) is 1. The molecule has 176 valence electrons. The number of halogens is 1. The van der Waals surface area contributed by atoms with Gasteiger partial charge in [-0.15, -0.1) is 0 Å². The molecule has 0 bridgehead atoms. The molecule has 2 aliphatic rings. The van der Waals surface area contributed by atoms with Crippen molar-refractivity contribution in [2.75, 3.05) is 6.54 Å². The van der Waals surface area contributed by atoms with Crippen LogP contribution in [0.1, 0.15) is 43.9 Å². The zero-order valence-corrected chi connectivity index (χ0v) is 19.4. The zero-order valence-electron chi connectivity index (χ0n) is 18.7. The largest absolute Gasteiger partial charge is 0.481 e. The predicted molar refractivity (Wildman–Crippen MR) is 130 cm³/mol. The molecule has 35 heavy (non-hydrogen) atoms. The summed E-state index contributed by atoms with van der Waals surface area (Å²) in [7, 11) is 0. The first-order valence-electron chi connectivity index (χ1n) is 11.4. The maximum absolute atomic E-state index is 13.3. The van der Waals surface area contributed by atoms with Crippen molar-refractivity contribution in [2.45, 2.75) is 12.8 Å². The van der Waals surface area contributed by atoms with Crippen LogP contribution in [0.3, 0.4) is 0 Å². The summed E-state index contributed by atoms with van der Waals surface area (Å²) in [6.45, 7) is -0.0113. The highest BCUT2D eigenvalue weighted by Crippen LogP contribution is 2.41. The molecule has 7 heteroatoms. The van der Waals surface area contributed by atoms with E-state index in [1.807, 2.05) is 24.3 Å². The standard InChI is InChI=1S/C28H22ClNO5/c29-20-12-9-17(10-13-20)16-5-7-18(8-6-16)25(31)23-14-11-19(24(23)28(34)35)15-30-26(32)21-3-1-2-4-22(21)27(30)33/h1-10,12-13,19,23-24H,11,14-15H2,(H,34,35)/t19-,23-,24+/m0/s1. The van der Waals surface area contributed by atoms with Crippen molar-refractivity contribution in [2.24, 2.45) is 17.8 Å². The number of imide groups is 1. The summed E-state index contributed by atoms with van der Waals surface area (Å²) in [4.78, 5) is 52.2. The second-order valence-electron chi connectivity index (χ2n) is 9.02. The van der Waals surface area contributed by atoms with Crippen molar-refractivity contribution in [1.29, 1.82) is 0 Å². The van der Waals surface area contributed by atoms with Gasteiger partial charge < -0.3 is 5.11 Å². The number of carbonyl (C=O) groups excluding carboxylic acids is 3. The Kier molecular flexibility index (Phi) is 5.99. The van der Waals surface area contributed by atoms with Crippen LogP contribution in [0.5, 0.6) is 0 Å². The van der Waals surface area contributed by atoms with Gasteiger partial charge in [0.1, 0.15) is 0 Å². The lowest BCUT2D eigenvalue weighted by molar-refractivity contribution is -0.144. The summed E-state index contributed by atoms with van der Waals surface area (Å²) in [6, 6.07) is 21.0. The number of benzene rings is 3. The van der Waals surface area contributed by atoms with E-state index in [9.17, 15) is 24.3 Å². The van der Waals surface area contributed by atoms with E-state index in [0.717, 1.165) is 16.0 Å². The number of carboxylic acids is 1. The third kappa shape index (κ3) is 4.15. The number of carboxylic acid groups (broad SMARTS) is 1. The Morgan fingerprint density at radius 1 is 0.829 bits per heavy atom. The summed E-state index contributed by atoms with van der Waals surface area (Å²) in [6.07, 6.45) is 0.839. The van der Waals surface area contributed by atoms with Crippen LogP contribution in [-0.4, -0.2) is 40.1 Å². The van der Waals surface area contributed by atoms with Crippen LogP contribution >= 0.6 is 11.6 Å². The Labute approximate surface area is 207 Å². The second kappa shape index (κ2) is 9.12. The van der Waals surface area contributed by atoms with E-state index in [1.165, 1.54) is 0 Å². The SMILES string of the molecule is O=C(O)[C@@H]1[C@H](CN2C(=O)c3ccccc3C2=O)CC[C@@H]1C(=O)c1ccc(-c2ccc(Cl)cc2)cc1. The van der Waals surface area contributed by atoms with Crippen molar-refractivity contribution >= 4 is 35.2 Å². The Balaban J connectivity index is 1.33. The summed E-state index contributed by atoms with van der Waals surface area (Å²) in [5.41, 5.74) is 2.98. The predicted octanol–water partition coefficient (Wildman–Crippen LogP) is 5.21. The topological polar surface area (TPSA) is 91.8 Å². The van der Waals surface area contributed by atoms with E-state index in [1.54, 1.807) is 48.5 Å². The third-order valence-electron chi connectivity index (χ3n) is 7.05. The summed E-state index contributed by atoms with van der Waals surface area (Å²) < 4.78 is 0. The molecule has 0 unspecified atom stereocenters. The van der Waals surface area contributed by atoms with Crippen LogP contribution in [-0.2, 0) is 4.79 Å². The highest BCUT2D eigenvalue weighted by Gasteiger charge is 2.47. The molecule has 5 rings (SSSR count). The molecule has 0 spiro atoms. The first-order chi connectivity index (χ1) is 16.8. The monoisotopic (exact) mass is 487 g/mol. The molecule has 1 saturated carbocycles. The van der Waals surface area contributed by atoms with Gasteiger partial charge in [-0.2, -0.15) is 0 Å². The molecular weight excluding hydrogens is 466 g/mol. The van der Waals surface area contributed by atoms with Crippen molar-refractivity contribution < 1.29 is 24.3 Å². The van der Waals surface area contributed by atoms with Crippen LogP contribution in [0, 0.1) is 17.8 Å². The first-order valence-corrected chi connectivity index (χ1v) is 11.8. The Morgan fingerprint density at radius 3 is 1.91 bits per heavy atom. The number of ketones is 1. The van der Waals surface area contributed by atoms with Gasteiger partial charge in [0.15, 0.2) is 5.78 Å². The van der Waals surface area contributed by atoms with Gasteiger partial charge in [0.25, 0.3) is 11.8 Å². The van der Waals surface area contributed by atoms with E-state index >= 15 is 0 Å². The van der Waals surface area contributed by atoms with Gasteiger partial charge >= 0.3 is 5.97 Å². The minimum atomic E-state index is -1.08. The van der Waals surface area contributed by atoms with E-state index in [2.05, 4.69) is 0 Å². The lowest BCUT2D eigenvalue weighted by atomic mass is 9.84. The summed E-state index contributed by atoms with van der Waals surface area (Å²) in [5.74, 6) is -4.32. The average molecular weight is 488 g/mol. The normalized spacial score (nSPS) is 21.3. The maximum atomic E-state index is 13.3. The minimum Gasteiger partial charge on any atom is -0.481 e. The molecule has 3 aromatic rings. The Bertz CT molecular complexity index is 1300. The molecule has 0 aromatic heterocycles. The number of fused-ring (bicyclic) bond motifs is 1. The molecule has 3 atom stereocenters. The lowest BCUT2D eigenvalue weighted by Crippen LogP contribution is -2.39. The van der Waals surface area contributed by atoms with Crippen LogP contribution in [0.15, 0.2) is 72.8 Å². The number of amides is 2. The zero-order chi connectivity index (χ0) is 24.7. The molecule has 0 saturated heterocycles. The van der Waals surface area contributed by atoms with Crippen LogP contribution < -0.4 is 0 Å². The summed E-state index contributed by atoms with van der Waals surface area (Å²) >= 11 is 5.95. The summed E-state index contributed by atoms with van der Waals surface area (Å²) in [5, 5.41) is 10.6. The number of aliphatic carboxylic acids is 1. The molecule has 3 aromatic carbocycles.